The molecule has 1 fully saturated rings. The monoisotopic (exact) mass is 627 g/mol. The Hall–Kier alpha value is -4.50. The number of benzene rings is 4. The molecule has 0 heterocycles. The fourth-order valence-corrected chi connectivity index (χ4v) is 7.16. The van der Waals surface area contributed by atoms with Gasteiger partial charge in [-0.2, -0.15) is 0 Å². The first-order valence-corrected chi connectivity index (χ1v) is 16.8. The van der Waals surface area contributed by atoms with Crippen LogP contribution in [0.3, 0.4) is 0 Å². The number of amides is 2. The van der Waals surface area contributed by atoms with E-state index in [0.717, 1.165) is 42.0 Å². The predicted octanol–water partition coefficient (Wildman–Crippen LogP) is 6.11. The minimum Gasteiger partial charge on any atom is -0.352 e. The third kappa shape index (κ3) is 8.36. The highest BCUT2D eigenvalue weighted by Crippen LogP contribution is 2.25. The number of hydrogen-bond donors (Lipinski definition) is 1. The molecule has 0 radical (unpaired) electrons. The fraction of sp³-hybridized carbons (Fsp3) is 0.278. The number of nitrogens with one attached hydrogen (secondary N) is 1. The third-order valence-corrected chi connectivity index (χ3v) is 9.93. The number of nitrogens with zero attached hydrogens (tertiary/aromatic N) is 2. The topological polar surface area (TPSA) is 86.8 Å². The number of halogens is 1. The Balaban J connectivity index is 1.54. The molecule has 0 unspecified atom stereocenters. The maximum Gasteiger partial charge on any atom is 0.264 e. The average Bonchev–Trinajstić information content (AvgIpc) is 3.07. The third-order valence-electron chi connectivity index (χ3n) is 8.14. The maximum atomic E-state index is 14.5. The molecule has 45 heavy (non-hydrogen) atoms. The van der Waals surface area contributed by atoms with Gasteiger partial charge in [-0.3, -0.25) is 13.9 Å². The van der Waals surface area contributed by atoms with Gasteiger partial charge in [0.15, 0.2) is 0 Å². The summed E-state index contributed by atoms with van der Waals surface area (Å²) in [6, 6.07) is 30.7. The van der Waals surface area contributed by atoms with Gasteiger partial charge in [0, 0.05) is 19.0 Å². The van der Waals surface area contributed by atoms with E-state index in [2.05, 4.69) is 5.32 Å². The lowest BCUT2D eigenvalue weighted by molar-refractivity contribution is -0.140. The van der Waals surface area contributed by atoms with Crippen LogP contribution < -0.4 is 9.62 Å². The summed E-state index contributed by atoms with van der Waals surface area (Å²) >= 11 is 0. The lowest BCUT2D eigenvalue weighted by atomic mass is 9.94. The van der Waals surface area contributed by atoms with Gasteiger partial charge in [-0.05, 0) is 60.4 Å². The summed E-state index contributed by atoms with van der Waals surface area (Å²) in [5.74, 6) is -1.27. The van der Waals surface area contributed by atoms with Crippen molar-refractivity contribution in [2.75, 3.05) is 10.8 Å². The van der Waals surface area contributed by atoms with Crippen molar-refractivity contribution in [2.24, 2.45) is 0 Å². The highest BCUT2D eigenvalue weighted by atomic mass is 32.2. The van der Waals surface area contributed by atoms with Crippen LogP contribution >= 0.6 is 0 Å². The van der Waals surface area contributed by atoms with E-state index in [1.807, 2.05) is 30.3 Å². The molecule has 0 aromatic heterocycles. The van der Waals surface area contributed by atoms with Crippen molar-refractivity contribution in [1.82, 2.24) is 10.2 Å². The summed E-state index contributed by atoms with van der Waals surface area (Å²) in [6.45, 7) is -0.548. The summed E-state index contributed by atoms with van der Waals surface area (Å²) in [5.41, 5.74) is 1.79. The number of para-hydroxylation sites is 1. The molecule has 0 bridgehead atoms. The van der Waals surface area contributed by atoms with E-state index in [1.165, 1.54) is 29.2 Å². The van der Waals surface area contributed by atoms with Gasteiger partial charge in [0.2, 0.25) is 11.8 Å². The van der Waals surface area contributed by atoms with Gasteiger partial charge in [0.25, 0.3) is 10.0 Å². The number of carbonyl (C=O) groups excluding carboxylic acids is 2. The fourth-order valence-electron chi connectivity index (χ4n) is 5.73. The molecule has 1 atom stereocenters. The summed E-state index contributed by atoms with van der Waals surface area (Å²) in [7, 11) is -4.15. The molecule has 1 aliphatic rings. The first-order valence-electron chi connectivity index (χ1n) is 15.3. The molecule has 9 heteroatoms. The van der Waals surface area contributed by atoms with Crippen LogP contribution in [0.4, 0.5) is 10.1 Å². The SMILES string of the molecule is O=C(NC1CCCCC1)[C@@H](Cc1ccccc1)N(Cc1ccc(F)cc1)C(=O)CN(c1ccccc1)S(=O)(=O)c1ccccc1. The number of carbonyl (C=O) groups is 2. The van der Waals surface area contributed by atoms with Crippen molar-refractivity contribution in [2.45, 2.75) is 62.0 Å². The van der Waals surface area contributed by atoms with E-state index in [-0.39, 0.29) is 29.8 Å². The van der Waals surface area contributed by atoms with Crippen LogP contribution in [-0.2, 0) is 32.6 Å². The zero-order valence-electron chi connectivity index (χ0n) is 25.1. The standard InChI is InChI=1S/C36H38FN3O4S/c37-30-23-21-29(22-24-30)26-39(34(25-28-13-5-1-6-14-28)36(42)38-31-15-7-2-8-16-31)35(41)27-40(32-17-9-3-10-18-32)45(43,44)33-19-11-4-12-20-33/h1,3-6,9-14,17-24,31,34H,2,7-8,15-16,25-27H2,(H,38,42)/t34-/m1/s1. The van der Waals surface area contributed by atoms with Crippen LogP contribution in [0.1, 0.15) is 43.2 Å². The zero-order valence-corrected chi connectivity index (χ0v) is 25.9. The van der Waals surface area contributed by atoms with Gasteiger partial charge in [-0.25, -0.2) is 12.8 Å². The number of sulfonamides is 1. The summed E-state index contributed by atoms with van der Waals surface area (Å²) < 4.78 is 42.9. The normalized spacial score (nSPS) is 14.3. The van der Waals surface area contributed by atoms with Crippen LogP contribution in [0.25, 0.3) is 0 Å². The highest BCUT2D eigenvalue weighted by Gasteiger charge is 2.35. The molecule has 2 amide bonds. The smallest absolute Gasteiger partial charge is 0.264 e. The molecule has 7 nitrogen and oxygen atoms in total. The van der Waals surface area contributed by atoms with Crippen molar-refractivity contribution in [3.05, 3.63) is 132 Å². The Morgan fingerprint density at radius 2 is 1.33 bits per heavy atom. The summed E-state index contributed by atoms with van der Waals surface area (Å²) in [5, 5.41) is 3.19. The van der Waals surface area contributed by atoms with E-state index in [0.29, 0.717) is 11.3 Å². The average molecular weight is 628 g/mol. The second-order valence-corrected chi connectivity index (χ2v) is 13.2. The molecular formula is C36H38FN3O4S. The molecule has 4 aromatic rings. The van der Waals surface area contributed by atoms with Crippen LogP contribution in [-0.4, -0.2) is 43.8 Å². The molecule has 0 saturated heterocycles. The van der Waals surface area contributed by atoms with Gasteiger partial charge in [-0.15, -0.1) is 0 Å². The second-order valence-electron chi connectivity index (χ2n) is 11.4. The van der Waals surface area contributed by atoms with E-state index < -0.39 is 34.3 Å². The number of anilines is 1. The molecule has 1 aliphatic carbocycles. The van der Waals surface area contributed by atoms with Gasteiger partial charge in [-0.1, -0.05) is 98.1 Å². The van der Waals surface area contributed by atoms with Gasteiger partial charge in [0.05, 0.1) is 10.6 Å². The molecule has 234 valence electrons. The van der Waals surface area contributed by atoms with Gasteiger partial charge in [0.1, 0.15) is 18.4 Å². The first kappa shape index (κ1) is 31.9. The van der Waals surface area contributed by atoms with Crippen molar-refractivity contribution in [3.63, 3.8) is 0 Å². The lowest BCUT2D eigenvalue weighted by Crippen LogP contribution is -2.55. The summed E-state index contributed by atoms with van der Waals surface area (Å²) in [4.78, 5) is 30.0. The zero-order chi connectivity index (χ0) is 31.6. The van der Waals surface area contributed by atoms with Crippen LogP contribution in [0, 0.1) is 5.82 Å². The largest absolute Gasteiger partial charge is 0.352 e. The van der Waals surface area contributed by atoms with Crippen molar-refractivity contribution >= 4 is 27.5 Å². The summed E-state index contributed by atoms with van der Waals surface area (Å²) in [6.07, 6.45) is 5.13. The molecule has 1 N–H and O–H groups in total. The van der Waals surface area contributed by atoms with E-state index in [1.54, 1.807) is 60.7 Å². The van der Waals surface area contributed by atoms with Crippen LogP contribution in [0.15, 0.2) is 120 Å². The molecule has 0 spiro atoms. The lowest BCUT2D eigenvalue weighted by Gasteiger charge is -2.35. The van der Waals surface area contributed by atoms with Crippen molar-refractivity contribution < 1.29 is 22.4 Å². The number of hydrogen-bond acceptors (Lipinski definition) is 4. The molecule has 0 aliphatic heterocycles. The molecule has 1 saturated carbocycles. The predicted molar refractivity (Wildman–Crippen MR) is 173 cm³/mol. The highest BCUT2D eigenvalue weighted by molar-refractivity contribution is 7.92. The van der Waals surface area contributed by atoms with Gasteiger partial charge < -0.3 is 10.2 Å². The quantitative estimate of drug-likeness (QED) is 0.205. The van der Waals surface area contributed by atoms with Crippen LogP contribution in [0.2, 0.25) is 0 Å². The van der Waals surface area contributed by atoms with Gasteiger partial charge >= 0.3 is 0 Å². The maximum absolute atomic E-state index is 14.5. The minimum absolute atomic E-state index is 0.00609. The Bertz CT molecular complexity index is 1650. The molecule has 5 rings (SSSR count). The first-order chi connectivity index (χ1) is 21.8. The van der Waals surface area contributed by atoms with E-state index in [4.69, 9.17) is 0 Å². The Kier molecular flexibility index (Phi) is 10.6. The molecular weight excluding hydrogens is 589 g/mol. The second kappa shape index (κ2) is 15.0. The molecule has 4 aromatic carbocycles. The Morgan fingerprint density at radius 1 is 0.756 bits per heavy atom. The van der Waals surface area contributed by atoms with Crippen LogP contribution in [0.5, 0.6) is 0 Å². The Morgan fingerprint density at radius 3 is 1.96 bits per heavy atom. The number of rotatable bonds is 12. The minimum atomic E-state index is -4.15. The Labute approximate surface area is 264 Å². The van der Waals surface area contributed by atoms with Crippen molar-refractivity contribution in [3.8, 4) is 0 Å². The van der Waals surface area contributed by atoms with E-state index in [9.17, 15) is 22.4 Å². The van der Waals surface area contributed by atoms with E-state index >= 15 is 0 Å². The van der Waals surface area contributed by atoms with Crippen molar-refractivity contribution in [1.29, 1.82) is 0 Å².